The summed E-state index contributed by atoms with van der Waals surface area (Å²) in [7, 11) is 0. The SMILES string of the molecule is CCOC(=O)c1c(C)cc(O)cc1C(C)CC. The van der Waals surface area contributed by atoms with Crippen molar-refractivity contribution in [3.63, 3.8) is 0 Å². The number of ether oxygens (including phenoxy) is 1. The molecule has 0 aromatic heterocycles. The molecule has 0 bridgehead atoms. The molecular weight excluding hydrogens is 216 g/mol. The quantitative estimate of drug-likeness (QED) is 0.815. The molecule has 1 aromatic carbocycles. The summed E-state index contributed by atoms with van der Waals surface area (Å²) in [4.78, 5) is 11.9. The highest BCUT2D eigenvalue weighted by molar-refractivity contribution is 5.93. The number of esters is 1. The molecule has 1 rings (SSSR count). The standard InChI is InChI=1S/C14H20O3/c1-5-9(3)12-8-11(15)7-10(4)13(12)14(16)17-6-2/h7-9,15H,5-6H2,1-4H3. The van der Waals surface area contributed by atoms with Crippen molar-refractivity contribution in [1.29, 1.82) is 0 Å². The number of rotatable bonds is 4. The molecule has 3 nitrogen and oxygen atoms in total. The van der Waals surface area contributed by atoms with E-state index in [-0.39, 0.29) is 17.6 Å². The predicted molar refractivity (Wildman–Crippen MR) is 67.5 cm³/mol. The van der Waals surface area contributed by atoms with Gasteiger partial charge in [-0.25, -0.2) is 4.79 Å². The normalized spacial score (nSPS) is 12.2. The van der Waals surface area contributed by atoms with Crippen molar-refractivity contribution in [2.75, 3.05) is 6.61 Å². The lowest BCUT2D eigenvalue weighted by Gasteiger charge is -2.16. The summed E-state index contributed by atoms with van der Waals surface area (Å²) in [6.07, 6.45) is 0.912. The van der Waals surface area contributed by atoms with E-state index in [9.17, 15) is 9.90 Å². The van der Waals surface area contributed by atoms with Crippen LogP contribution in [0.5, 0.6) is 5.75 Å². The molecule has 0 heterocycles. The Morgan fingerprint density at radius 1 is 1.41 bits per heavy atom. The van der Waals surface area contributed by atoms with E-state index in [0.29, 0.717) is 12.2 Å². The van der Waals surface area contributed by atoms with Crippen LogP contribution in [0.1, 0.15) is 54.6 Å². The smallest absolute Gasteiger partial charge is 0.338 e. The van der Waals surface area contributed by atoms with E-state index < -0.39 is 0 Å². The number of benzene rings is 1. The Hall–Kier alpha value is -1.51. The minimum absolute atomic E-state index is 0.200. The first-order chi connectivity index (χ1) is 8.01. The Morgan fingerprint density at radius 3 is 2.59 bits per heavy atom. The highest BCUT2D eigenvalue weighted by atomic mass is 16.5. The fourth-order valence-electron chi connectivity index (χ4n) is 1.89. The highest BCUT2D eigenvalue weighted by Crippen LogP contribution is 2.29. The summed E-state index contributed by atoms with van der Waals surface area (Å²) in [5.74, 6) is 0.117. The molecule has 1 atom stereocenters. The monoisotopic (exact) mass is 236 g/mol. The Balaban J connectivity index is 3.29. The number of aromatic hydroxyl groups is 1. The van der Waals surface area contributed by atoms with E-state index in [1.165, 1.54) is 0 Å². The van der Waals surface area contributed by atoms with Gasteiger partial charge < -0.3 is 9.84 Å². The van der Waals surface area contributed by atoms with Crippen molar-refractivity contribution in [3.05, 3.63) is 28.8 Å². The first kappa shape index (κ1) is 13.6. The Kier molecular flexibility index (Phi) is 4.55. The molecule has 0 spiro atoms. The van der Waals surface area contributed by atoms with Gasteiger partial charge in [0.25, 0.3) is 0 Å². The number of hydrogen-bond acceptors (Lipinski definition) is 3. The Labute approximate surface area is 102 Å². The summed E-state index contributed by atoms with van der Waals surface area (Å²) in [5, 5.41) is 9.62. The fourth-order valence-corrected chi connectivity index (χ4v) is 1.89. The van der Waals surface area contributed by atoms with Crippen LogP contribution in [0.3, 0.4) is 0 Å². The molecule has 0 saturated carbocycles. The van der Waals surface area contributed by atoms with Crippen molar-refractivity contribution >= 4 is 5.97 Å². The molecule has 0 fully saturated rings. The van der Waals surface area contributed by atoms with Crippen LogP contribution >= 0.6 is 0 Å². The highest BCUT2D eigenvalue weighted by Gasteiger charge is 2.19. The maximum absolute atomic E-state index is 11.9. The topological polar surface area (TPSA) is 46.5 Å². The van der Waals surface area contributed by atoms with Crippen LogP contribution in [0.4, 0.5) is 0 Å². The van der Waals surface area contributed by atoms with Gasteiger partial charge in [0.2, 0.25) is 0 Å². The van der Waals surface area contributed by atoms with Gasteiger partial charge >= 0.3 is 5.97 Å². The van der Waals surface area contributed by atoms with Crippen LogP contribution < -0.4 is 0 Å². The minimum Gasteiger partial charge on any atom is -0.508 e. The van der Waals surface area contributed by atoms with Gasteiger partial charge in [0, 0.05) is 0 Å². The van der Waals surface area contributed by atoms with E-state index in [1.807, 2.05) is 13.8 Å². The Morgan fingerprint density at radius 2 is 2.06 bits per heavy atom. The van der Waals surface area contributed by atoms with Crippen LogP contribution in [0.25, 0.3) is 0 Å². The van der Waals surface area contributed by atoms with Crippen molar-refractivity contribution in [2.45, 2.75) is 40.0 Å². The van der Waals surface area contributed by atoms with Gasteiger partial charge in [-0.2, -0.15) is 0 Å². The van der Waals surface area contributed by atoms with E-state index in [4.69, 9.17) is 4.74 Å². The van der Waals surface area contributed by atoms with E-state index in [2.05, 4.69) is 6.92 Å². The van der Waals surface area contributed by atoms with Crippen LogP contribution in [0.2, 0.25) is 0 Å². The summed E-state index contributed by atoms with van der Waals surface area (Å²) in [6.45, 7) is 8.06. The van der Waals surface area contributed by atoms with Gasteiger partial charge in [0.05, 0.1) is 12.2 Å². The van der Waals surface area contributed by atoms with Gasteiger partial charge in [-0.1, -0.05) is 13.8 Å². The lowest BCUT2D eigenvalue weighted by molar-refractivity contribution is 0.0523. The summed E-state index contributed by atoms with van der Waals surface area (Å²) in [6, 6.07) is 3.26. The molecule has 3 heteroatoms. The predicted octanol–water partition coefficient (Wildman–Crippen LogP) is 3.39. The zero-order chi connectivity index (χ0) is 13.0. The molecule has 0 radical (unpaired) electrons. The average Bonchev–Trinajstić information content (AvgIpc) is 2.27. The second kappa shape index (κ2) is 5.71. The number of carbonyl (C=O) groups excluding carboxylic acids is 1. The number of hydrogen-bond donors (Lipinski definition) is 1. The van der Waals surface area contributed by atoms with Crippen molar-refractivity contribution < 1.29 is 14.6 Å². The first-order valence-electron chi connectivity index (χ1n) is 6.01. The summed E-state index contributed by atoms with van der Waals surface area (Å²) < 4.78 is 5.06. The van der Waals surface area contributed by atoms with Crippen molar-refractivity contribution in [2.24, 2.45) is 0 Å². The van der Waals surface area contributed by atoms with Gasteiger partial charge in [-0.05, 0) is 49.4 Å². The largest absolute Gasteiger partial charge is 0.508 e. The van der Waals surface area contributed by atoms with Crippen LogP contribution in [-0.2, 0) is 4.74 Å². The summed E-state index contributed by atoms with van der Waals surface area (Å²) in [5.41, 5.74) is 2.22. The first-order valence-corrected chi connectivity index (χ1v) is 6.01. The van der Waals surface area contributed by atoms with Crippen LogP contribution in [0, 0.1) is 6.92 Å². The molecule has 0 aliphatic rings. The van der Waals surface area contributed by atoms with E-state index >= 15 is 0 Å². The molecule has 1 N–H and O–H groups in total. The molecule has 0 saturated heterocycles. The molecule has 1 unspecified atom stereocenters. The van der Waals surface area contributed by atoms with Gasteiger partial charge in [0.15, 0.2) is 0 Å². The third kappa shape index (κ3) is 2.99. The second-order valence-electron chi connectivity index (χ2n) is 4.26. The number of phenolic OH excluding ortho intramolecular Hbond substituents is 1. The molecule has 0 aliphatic carbocycles. The maximum Gasteiger partial charge on any atom is 0.338 e. The molecule has 1 aromatic rings. The van der Waals surface area contributed by atoms with Gasteiger partial charge in [0.1, 0.15) is 5.75 Å². The van der Waals surface area contributed by atoms with E-state index in [0.717, 1.165) is 17.5 Å². The third-order valence-corrected chi connectivity index (χ3v) is 2.97. The average molecular weight is 236 g/mol. The molecule has 0 amide bonds. The fraction of sp³-hybridized carbons (Fsp3) is 0.500. The minimum atomic E-state index is -0.305. The number of carbonyl (C=O) groups is 1. The van der Waals surface area contributed by atoms with Crippen LogP contribution in [-0.4, -0.2) is 17.7 Å². The zero-order valence-corrected chi connectivity index (χ0v) is 10.9. The maximum atomic E-state index is 11.9. The van der Waals surface area contributed by atoms with Gasteiger partial charge in [-0.3, -0.25) is 0 Å². The molecular formula is C14H20O3. The van der Waals surface area contributed by atoms with Crippen molar-refractivity contribution in [3.8, 4) is 5.75 Å². The Bertz CT molecular complexity index is 410. The molecule has 17 heavy (non-hydrogen) atoms. The van der Waals surface area contributed by atoms with E-state index in [1.54, 1.807) is 19.1 Å². The van der Waals surface area contributed by atoms with Gasteiger partial charge in [-0.15, -0.1) is 0 Å². The lowest BCUT2D eigenvalue weighted by atomic mass is 9.90. The van der Waals surface area contributed by atoms with Crippen LogP contribution in [0.15, 0.2) is 12.1 Å². The summed E-state index contributed by atoms with van der Waals surface area (Å²) >= 11 is 0. The second-order valence-corrected chi connectivity index (χ2v) is 4.26. The molecule has 94 valence electrons. The molecule has 0 aliphatic heterocycles. The third-order valence-electron chi connectivity index (χ3n) is 2.97. The number of aryl methyl sites for hydroxylation is 1. The van der Waals surface area contributed by atoms with Crippen molar-refractivity contribution in [1.82, 2.24) is 0 Å². The lowest BCUT2D eigenvalue weighted by Crippen LogP contribution is -2.11. The zero-order valence-electron chi connectivity index (χ0n) is 10.9. The number of phenols is 1.